The van der Waals surface area contributed by atoms with Gasteiger partial charge in [0.05, 0.1) is 95.8 Å². The lowest BCUT2D eigenvalue weighted by Crippen LogP contribution is -2.34. The summed E-state index contributed by atoms with van der Waals surface area (Å²) in [6.45, 7) is 9.10. The van der Waals surface area contributed by atoms with Crippen molar-refractivity contribution in [3.8, 4) is 22.7 Å². The summed E-state index contributed by atoms with van der Waals surface area (Å²) >= 11 is 0. The number of hydrogen-bond acceptors (Lipinski definition) is 13. The van der Waals surface area contributed by atoms with Gasteiger partial charge < -0.3 is 47.4 Å². The maximum absolute atomic E-state index is 13.4. The Kier molecular flexibility index (Phi) is 12.7. The Morgan fingerprint density at radius 2 is 1.42 bits per heavy atom. The number of fused-ring (bicyclic) bond motifs is 2. The molecule has 52 heavy (non-hydrogen) atoms. The Balaban J connectivity index is 1.12. The molecule has 7 rings (SSSR count). The van der Waals surface area contributed by atoms with E-state index in [0.29, 0.717) is 115 Å². The van der Waals surface area contributed by atoms with E-state index in [4.69, 9.17) is 37.6 Å². The highest BCUT2D eigenvalue weighted by atomic mass is 16.6. The Bertz CT molecular complexity index is 1810. The van der Waals surface area contributed by atoms with Gasteiger partial charge in [0.1, 0.15) is 23.6 Å². The number of aryl methyl sites for hydroxylation is 2. The van der Waals surface area contributed by atoms with Crippen molar-refractivity contribution in [3.63, 3.8) is 0 Å². The molecular formula is C38H49N5O9. The summed E-state index contributed by atoms with van der Waals surface area (Å²) in [5.74, 6) is 0.651. The highest BCUT2D eigenvalue weighted by Crippen LogP contribution is 2.40. The second-order valence-corrected chi connectivity index (χ2v) is 13.0. The SMILES string of the molecule is COCCOc1cc(-n2cc(-c3cc4cc5c6c(c4oc3=O)CCCN6CCC5)nn2)ccc1N1CCOCCOCCOCCOCCOCC1. The summed E-state index contributed by atoms with van der Waals surface area (Å²) in [5.41, 5.74) is 6.47. The normalized spacial score (nSPS) is 18.5. The van der Waals surface area contributed by atoms with E-state index in [0.717, 1.165) is 61.1 Å². The minimum absolute atomic E-state index is 0.358. The number of benzene rings is 2. The summed E-state index contributed by atoms with van der Waals surface area (Å²) in [5, 5.41) is 9.75. The van der Waals surface area contributed by atoms with Gasteiger partial charge in [0.25, 0.3) is 0 Å². The van der Waals surface area contributed by atoms with Crippen molar-refractivity contribution in [3.05, 3.63) is 58.1 Å². The third kappa shape index (κ3) is 8.76. The van der Waals surface area contributed by atoms with Crippen LogP contribution in [-0.4, -0.2) is 128 Å². The number of anilines is 2. The van der Waals surface area contributed by atoms with Crippen LogP contribution in [-0.2, 0) is 41.3 Å². The lowest BCUT2D eigenvalue weighted by atomic mass is 9.90. The van der Waals surface area contributed by atoms with Crippen LogP contribution in [0.15, 0.2) is 45.7 Å². The lowest BCUT2D eigenvalue weighted by molar-refractivity contribution is -0.0116. The average molecular weight is 720 g/mol. The Morgan fingerprint density at radius 3 is 2.12 bits per heavy atom. The van der Waals surface area contributed by atoms with E-state index in [1.165, 1.54) is 11.3 Å². The number of ether oxygens (including phenoxy) is 7. The van der Waals surface area contributed by atoms with Gasteiger partial charge in [-0.15, -0.1) is 5.10 Å². The number of rotatable bonds is 7. The van der Waals surface area contributed by atoms with Crippen molar-refractivity contribution in [2.45, 2.75) is 25.7 Å². The zero-order chi connectivity index (χ0) is 35.5. The molecule has 3 aliphatic rings. The third-order valence-electron chi connectivity index (χ3n) is 9.58. The standard InChI is InChI=1S/C38H49N5O9/c1-45-14-23-51-35-26-30(6-7-34(35)41-10-12-46-15-17-48-19-21-50-22-20-49-18-16-47-13-11-41)43-27-33(39-40-43)32-25-29-24-28-4-2-8-42-9-3-5-31(36(28)42)37(29)52-38(32)44/h6-7,24-27H,2-5,8-23H2,1H3. The molecule has 5 heterocycles. The van der Waals surface area contributed by atoms with Crippen LogP contribution in [0.3, 0.4) is 0 Å². The topological polar surface area (TPSA) is 132 Å². The first-order valence-corrected chi connectivity index (χ1v) is 18.4. The molecule has 14 nitrogen and oxygen atoms in total. The van der Waals surface area contributed by atoms with E-state index in [1.54, 1.807) is 18.0 Å². The molecule has 4 aromatic rings. The molecule has 0 N–H and O–H groups in total. The predicted octanol–water partition coefficient (Wildman–Crippen LogP) is 3.67. The Labute approximate surface area is 303 Å². The fraction of sp³-hybridized carbons (Fsp3) is 0.553. The predicted molar refractivity (Wildman–Crippen MR) is 195 cm³/mol. The molecule has 0 bridgehead atoms. The molecule has 1 saturated heterocycles. The van der Waals surface area contributed by atoms with E-state index in [9.17, 15) is 4.79 Å². The zero-order valence-corrected chi connectivity index (χ0v) is 30.0. The van der Waals surface area contributed by atoms with Crippen LogP contribution >= 0.6 is 0 Å². The van der Waals surface area contributed by atoms with E-state index in [-0.39, 0.29) is 0 Å². The fourth-order valence-electron chi connectivity index (χ4n) is 7.08. The van der Waals surface area contributed by atoms with E-state index < -0.39 is 5.63 Å². The molecule has 1 fully saturated rings. The molecular weight excluding hydrogens is 670 g/mol. The van der Waals surface area contributed by atoms with Crippen molar-refractivity contribution in [1.82, 2.24) is 15.0 Å². The van der Waals surface area contributed by atoms with Gasteiger partial charge >= 0.3 is 5.63 Å². The zero-order valence-electron chi connectivity index (χ0n) is 30.0. The minimum Gasteiger partial charge on any atom is -0.489 e. The van der Waals surface area contributed by atoms with Crippen molar-refractivity contribution in [2.24, 2.45) is 0 Å². The number of nitrogens with zero attached hydrogens (tertiary/aromatic N) is 5. The van der Waals surface area contributed by atoms with Crippen LogP contribution in [0.2, 0.25) is 0 Å². The van der Waals surface area contributed by atoms with Crippen molar-refractivity contribution in [1.29, 1.82) is 0 Å². The van der Waals surface area contributed by atoms with Crippen LogP contribution in [0.5, 0.6) is 5.75 Å². The molecule has 0 amide bonds. The maximum atomic E-state index is 13.4. The van der Waals surface area contributed by atoms with Gasteiger partial charge in [-0.05, 0) is 55.5 Å². The van der Waals surface area contributed by atoms with Gasteiger partial charge in [-0.25, -0.2) is 9.48 Å². The third-order valence-corrected chi connectivity index (χ3v) is 9.58. The van der Waals surface area contributed by atoms with Gasteiger partial charge in [0, 0.05) is 56.0 Å². The molecule has 280 valence electrons. The molecule has 0 saturated carbocycles. The van der Waals surface area contributed by atoms with Crippen LogP contribution in [0, 0.1) is 0 Å². The van der Waals surface area contributed by atoms with Crippen LogP contribution in [0.1, 0.15) is 24.0 Å². The molecule has 3 aliphatic heterocycles. The summed E-state index contributed by atoms with van der Waals surface area (Å²) in [7, 11) is 1.64. The molecule has 0 radical (unpaired) electrons. The first kappa shape index (κ1) is 36.3. The van der Waals surface area contributed by atoms with Gasteiger partial charge in [-0.1, -0.05) is 5.21 Å². The number of aromatic nitrogens is 3. The van der Waals surface area contributed by atoms with Crippen LogP contribution < -0.4 is 20.2 Å². The highest BCUT2D eigenvalue weighted by molar-refractivity contribution is 5.90. The minimum atomic E-state index is -0.418. The van der Waals surface area contributed by atoms with Gasteiger partial charge in [-0.2, -0.15) is 0 Å². The molecule has 2 aromatic heterocycles. The molecule has 0 unspecified atom stereocenters. The Morgan fingerprint density at radius 1 is 0.750 bits per heavy atom. The first-order valence-electron chi connectivity index (χ1n) is 18.4. The fourth-order valence-corrected chi connectivity index (χ4v) is 7.08. The Hall–Kier alpha value is -4.05. The second kappa shape index (κ2) is 18.1. The molecule has 0 atom stereocenters. The highest BCUT2D eigenvalue weighted by Gasteiger charge is 2.27. The largest absolute Gasteiger partial charge is 0.489 e. The summed E-state index contributed by atoms with van der Waals surface area (Å²) in [6.07, 6.45) is 5.89. The van der Waals surface area contributed by atoms with Crippen molar-refractivity contribution < 1.29 is 37.6 Å². The molecule has 0 aliphatic carbocycles. The second-order valence-electron chi connectivity index (χ2n) is 13.0. The van der Waals surface area contributed by atoms with Crippen molar-refractivity contribution in [2.75, 3.05) is 122 Å². The lowest BCUT2D eigenvalue weighted by Gasteiger charge is -2.37. The molecule has 0 spiro atoms. The van der Waals surface area contributed by atoms with Crippen molar-refractivity contribution >= 4 is 22.3 Å². The summed E-state index contributed by atoms with van der Waals surface area (Å²) in [6, 6.07) is 9.97. The van der Waals surface area contributed by atoms with Gasteiger partial charge in [0.15, 0.2) is 0 Å². The first-order chi connectivity index (χ1) is 25.7. The summed E-state index contributed by atoms with van der Waals surface area (Å²) < 4.78 is 47.8. The van der Waals surface area contributed by atoms with Gasteiger partial charge in [-0.3, -0.25) is 0 Å². The number of methoxy groups -OCH3 is 1. The summed E-state index contributed by atoms with van der Waals surface area (Å²) in [4.78, 5) is 18.1. The van der Waals surface area contributed by atoms with E-state index in [1.807, 2.05) is 24.3 Å². The van der Waals surface area contributed by atoms with E-state index in [2.05, 4.69) is 26.2 Å². The molecule has 14 heteroatoms. The molecule has 2 aromatic carbocycles. The van der Waals surface area contributed by atoms with E-state index >= 15 is 0 Å². The maximum Gasteiger partial charge on any atom is 0.345 e. The smallest absolute Gasteiger partial charge is 0.345 e. The van der Waals surface area contributed by atoms with Crippen LogP contribution in [0.4, 0.5) is 11.4 Å². The quantitative estimate of drug-likeness (QED) is 0.204. The average Bonchev–Trinajstić information content (AvgIpc) is 3.66. The number of hydrogen-bond donors (Lipinski definition) is 0. The van der Waals surface area contributed by atoms with Crippen LogP contribution in [0.25, 0.3) is 27.9 Å². The van der Waals surface area contributed by atoms with Gasteiger partial charge in [0.2, 0.25) is 0 Å². The monoisotopic (exact) mass is 719 g/mol.